The van der Waals surface area contributed by atoms with Gasteiger partial charge < -0.3 is 5.32 Å². The minimum absolute atomic E-state index is 0.339. The predicted octanol–water partition coefficient (Wildman–Crippen LogP) is 4.79. The number of rotatable bonds is 4. The summed E-state index contributed by atoms with van der Waals surface area (Å²) in [6, 6.07) is 7.16. The van der Waals surface area contributed by atoms with Gasteiger partial charge in [-0.25, -0.2) is 4.39 Å². The van der Waals surface area contributed by atoms with Crippen LogP contribution in [0, 0.1) is 5.82 Å². The minimum Gasteiger partial charge on any atom is -0.377 e. The molecule has 0 unspecified atom stereocenters. The Balaban J connectivity index is 1.61. The standard InChI is InChI=1S/C16H19ClFN3/c17-12-6-7-16(15(18)10-12)19-11-13-8-9-21(20-13)14-4-2-1-3-5-14/h6-10,14,19H,1-5,11H2. The van der Waals surface area contributed by atoms with Crippen LogP contribution in [-0.2, 0) is 6.54 Å². The summed E-state index contributed by atoms with van der Waals surface area (Å²) in [4.78, 5) is 0. The highest BCUT2D eigenvalue weighted by Gasteiger charge is 2.15. The van der Waals surface area contributed by atoms with Gasteiger partial charge in [0.25, 0.3) is 0 Å². The molecule has 1 aliphatic carbocycles. The molecule has 1 aromatic carbocycles. The summed E-state index contributed by atoms with van der Waals surface area (Å²) >= 11 is 5.74. The molecule has 2 aromatic rings. The van der Waals surface area contributed by atoms with Crippen LogP contribution in [0.5, 0.6) is 0 Å². The van der Waals surface area contributed by atoms with Gasteiger partial charge in [-0.1, -0.05) is 30.9 Å². The Kier molecular flexibility index (Phi) is 4.44. The van der Waals surface area contributed by atoms with E-state index in [2.05, 4.69) is 15.1 Å². The molecule has 0 spiro atoms. The van der Waals surface area contributed by atoms with Crippen LogP contribution in [0.25, 0.3) is 0 Å². The molecule has 1 N–H and O–H groups in total. The van der Waals surface area contributed by atoms with Crippen molar-refractivity contribution in [2.45, 2.75) is 44.7 Å². The summed E-state index contributed by atoms with van der Waals surface area (Å²) in [7, 11) is 0. The Hall–Kier alpha value is -1.55. The second-order valence-electron chi connectivity index (χ2n) is 5.56. The first-order chi connectivity index (χ1) is 10.2. The molecule has 1 heterocycles. The van der Waals surface area contributed by atoms with Crippen molar-refractivity contribution in [1.82, 2.24) is 9.78 Å². The first-order valence-corrected chi connectivity index (χ1v) is 7.83. The molecule has 5 heteroatoms. The fourth-order valence-electron chi connectivity index (χ4n) is 2.84. The normalized spacial score (nSPS) is 16.1. The Bertz CT molecular complexity index is 605. The fraction of sp³-hybridized carbons (Fsp3) is 0.438. The van der Waals surface area contributed by atoms with E-state index >= 15 is 0 Å². The molecule has 21 heavy (non-hydrogen) atoms. The molecule has 1 saturated carbocycles. The number of nitrogens with zero attached hydrogens (tertiary/aromatic N) is 2. The molecule has 0 saturated heterocycles. The van der Waals surface area contributed by atoms with Crippen molar-refractivity contribution in [2.75, 3.05) is 5.32 Å². The lowest BCUT2D eigenvalue weighted by Gasteiger charge is -2.21. The molecular formula is C16H19ClFN3. The Morgan fingerprint density at radius 2 is 2.05 bits per heavy atom. The van der Waals surface area contributed by atoms with Gasteiger partial charge in [0.2, 0.25) is 0 Å². The maximum absolute atomic E-state index is 13.7. The van der Waals surface area contributed by atoms with Gasteiger partial charge in [-0.15, -0.1) is 0 Å². The van der Waals surface area contributed by atoms with Crippen LogP contribution >= 0.6 is 11.6 Å². The first-order valence-electron chi connectivity index (χ1n) is 7.45. The molecule has 0 amide bonds. The van der Waals surface area contributed by atoms with E-state index in [1.54, 1.807) is 12.1 Å². The molecule has 112 valence electrons. The van der Waals surface area contributed by atoms with E-state index in [0.29, 0.717) is 23.3 Å². The highest BCUT2D eigenvalue weighted by molar-refractivity contribution is 6.30. The monoisotopic (exact) mass is 307 g/mol. The molecular weight excluding hydrogens is 289 g/mol. The maximum atomic E-state index is 13.7. The summed E-state index contributed by atoms with van der Waals surface area (Å²) < 4.78 is 15.7. The van der Waals surface area contributed by atoms with E-state index in [1.807, 2.05) is 12.3 Å². The zero-order valence-corrected chi connectivity index (χ0v) is 12.6. The number of aromatic nitrogens is 2. The van der Waals surface area contributed by atoms with E-state index in [0.717, 1.165) is 5.69 Å². The van der Waals surface area contributed by atoms with Gasteiger partial charge in [-0.3, -0.25) is 4.68 Å². The van der Waals surface area contributed by atoms with Crippen LogP contribution in [-0.4, -0.2) is 9.78 Å². The molecule has 1 aromatic heterocycles. The van der Waals surface area contributed by atoms with Gasteiger partial charge in [-0.05, 0) is 37.1 Å². The van der Waals surface area contributed by atoms with Crippen molar-refractivity contribution in [1.29, 1.82) is 0 Å². The molecule has 0 aliphatic heterocycles. The third-order valence-electron chi connectivity index (χ3n) is 4.00. The molecule has 1 fully saturated rings. The SMILES string of the molecule is Fc1cc(Cl)ccc1NCc1ccn(C2CCCCC2)n1. The van der Waals surface area contributed by atoms with Crippen LogP contribution in [0.3, 0.4) is 0 Å². The maximum Gasteiger partial charge on any atom is 0.147 e. The number of anilines is 1. The number of hydrogen-bond donors (Lipinski definition) is 1. The second-order valence-corrected chi connectivity index (χ2v) is 5.99. The van der Waals surface area contributed by atoms with Crippen LogP contribution in [0.1, 0.15) is 43.8 Å². The quantitative estimate of drug-likeness (QED) is 0.880. The highest BCUT2D eigenvalue weighted by Crippen LogP contribution is 2.27. The third kappa shape index (κ3) is 3.56. The van der Waals surface area contributed by atoms with E-state index < -0.39 is 0 Å². The minimum atomic E-state index is -0.339. The van der Waals surface area contributed by atoms with Crippen molar-refractivity contribution in [2.24, 2.45) is 0 Å². The predicted molar refractivity (Wildman–Crippen MR) is 83.1 cm³/mol. The number of nitrogens with one attached hydrogen (secondary N) is 1. The number of benzene rings is 1. The van der Waals surface area contributed by atoms with Crippen molar-refractivity contribution in [3.8, 4) is 0 Å². The van der Waals surface area contributed by atoms with Crippen molar-refractivity contribution >= 4 is 17.3 Å². The molecule has 0 radical (unpaired) electrons. The largest absolute Gasteiger partial charge is 0.377 e. The van der Waals surface area contributed by atoms with E-state index in [4.69, 9.17) is 11.6 Å². The number of halogens is 2. The zero-order valence-electron chi connectivity index (χ0n) is 11.9. The van der Waals surface area contributed by atoms with Crippen molar-refractivity contribution in [3.63, 3.8) is 0 Å². The van der Waals surface area contributed by atoms with E-state index in [-0.39, 0.29) is 5.82 Å². The average Bonchev–Trinajstić information content (AvgIpc) is 2.96. The zero-order chi connectivity index (χ0) is 14.7. The van der Waals surface area contributed by atoms with E-state index in [9.17, 15) is 4.39 Å². The lowest BCUT2D eigenvalue weighted by Crippen LogP contribution is -2.13. The highest BCUT2D eigenvalue weighted by atomic mass is 35.5. The Labute approximate surface area is 129 Å². The average molecular weight is 308 g/mol. The van der Waals surface area contributed by atoms with Crippen LogP contribution in [0.2, 0.25) is 5.02 Å². The Morgan fingerprint density at radius 3 is 2.81 bits per heavy atom. The smallest absolute Gasteiger partial charge is 0.147 e. The van der Waals surface area contributed by atoms with Crippen molar-refractivity contribution in [3.05, 3.63) is 47.0 Å². The summed E-state index contributed by atoms with van der Waals surface area (Å²) in [6.07, 6.45) is 8.36. The topological polar surface area (TPSA) is 29.9 Å². The van der Waals surface area contributed by atoms with E-state index in [1.165, 1.54) is 38.2 Å². The summed E-state index contributed by atoms with van der Waals surface area (Å²) in [5.74, 6) is -0.339. The summed E-state index contributed by atoms with van der Waals surface area (Å²) in [5.41, 5.74) is 1.38. The van der Waals surface area contributed by atoms with Gasteiger partial charge >= 0.3 is 0 Å². The van der Waals surface area contributed by atoms with Gasteiger partial charge in [0, 0.05) is 11.2 Å². The molecule has 1 aliphatic rings. The van der Waals surface area contributed by atoms with Crippen LogP contribution in [0.15, 0.2) is 30.5 Å². The second kappa shape index (κ2) is 6.48. The lowest BCUT2D eigenvalue weighted by molar-refractivity contribution is 0.328. The van der Waals surface area contributed by atoms with Gasteiger partial charge in [0.1, 0.15) is 5.82 Å². The summed E-state index contributed by atoms with van der Waals surface area (Å²) in [6.45, 7) is 0.512. The first kappa shape index (κ1) is 14.4. The molecule has 0 atom stereocenters. The van der Waals surface area contributed by atoms with Gasteiger partial charge in [0.15, 0.2) is 0 Å². The molecule has 0 bridgehead atoms. The Morgan fingerprint density at radius 1 is 1.24 bits per heavy atom. The van der Waals surface area contributed by atoms with Crippen LogP contribution in [0.4, 0.5) is 10.1 Å². The van der Waals surface area contributed by atoms with Crippen molar-refractivity contribution < 1.29 is 4.39 Å². The molecule has 3 rings (SSSR count). The fourth-order valence-corrected chi connectivity index (χ4v) is 3.00. The molecule has 3 nitrogen and oxygen atoms in total. The number of hydrogen-bond acceptors (Lipinski definition) is 2. The van der Waals surface area contributed by atoms with Gasteiger partial charge in [-0.2, -0.15) is 5.10 Å². The summed E-state index contributed by atoms with van der Waals surface area (Å²) in [5, 5.41) is 8.07. The lowest BCUT2D eigenvalue weighted by atomic mass is 9.96. The van der Waals surface area contributed by atoms with Crippen LogP contribution < -0.4 is 5.32 Å². The van der Waals surface area contributed by atoms with Gasteiger partial charge in [0.05, 0.1) is 24.0 Å². The third-order valence-corrected chi connectivity index (χ3v) is 4.24.